The van der Waals surface area contributed by atoms with Gasteiger partial charge in [0, 0.05) is 60.5 Å². The number of fused-ring (bicyclic) bond motifs is 1. The van der Waals surface area contributed by atoms with E-state index in [1.807, 2.05) is 59.5 Å². The lowest BCUT2D eigenvalue weighted by molar-refractivity contribution is -0.0654. The monoisotopic (exact) mass is 538 g/mol. The largest absolute Gasteiger partial charge is 0.497 e. The van der Waals surface area contributed by atoms with Gasteiger partial charge in [0.25, 0.3) is 0 Å². The molecule has 208 valence electrons. The van der Waals surface area contributed by atoms with Crippen LogP contribution in [0.1, 0.15) is 29.0 Å². The minimum Gasteiger partial charge on any atom is -0.497 e. The molecule has 0 saturated carbocycles. The number of likely N-dealkylation sites (N-methyl/N-ethyl adjacent to an activating group) is 1. The summed E-state index contributed by atoms with van der Waals surface area (Å²) in [5.41, 5.74) is 3.85. The third-order valence-corrected chi connectivity index (χ3v) is 8.21. The lowest BCUT2D eigenvalue weighted by atomic mass is 9.74. The van der Waals surface area contributed by atoms with Gasteiger partial charge >= 0.3 is 6.03 Å². The number of ether oxygens (including phenoxy) is 1. The van der Waals surface area contributed by atoms with E-state index in [0.29, 0.717) is 13.1 Å². The van der Waals surface area contributed by atoms with E-state index in [9.17, 15) is 9.90 Å². The zero-order valence-corrected chi connectivity index (χ0v) is 23.5. The second kappa shape index (κ2) is 12.6. The number of benzene rings is 3. The van der Waals surface area contributed by atoms with Crippen LogP contribution in [0.5, 0.6) is 5.75 Å². The Morgan fingerprint density at radius 2 is 1.65 bits per heavy atom. The molecule has 2 aliphatic rings. The summed E-state index contributed by atoms with van der Waals surface area (Å²) in [4.78, 5) is 20.1. The summed E-state index contributed by atoms with van der Waals surface area (Å²) in [6.07, 6.45) is 0.924. The Balaban J connectivity index is 1.35. The first-order valence-corrected chi connectivity index (χ1v) is 13.9. The predicted octanol–water partition coefficient (Wildman–Crippen LogP) is 4.09. The highest BCUT2D eigenvalue weighted by Gasteiger charge is 2.50. The number of methoxy groups -OCH3 is 1. The normalized spacial score (nSPS) is 22.7. The first-order valence-electron chi connectivity index (χ1n) is 13.9. The fourth-order valence-electron chi connectivity index (χ4n) is 5.89. The molecule has 40 heavy (non-hydrogen) atoms. The maximum Gasteiger partial charge on any atom is 0.321 e. The summed E-state index contributed by atoms with van der Waals surface area (Å²) in [5, 5.41) is 13.5. The SMILES string of the molecule is COc1ccc(NC(=O)N2C[C@@H](N(C)C)CCN3[C@H](CO)[C@H](c4ccc(C#Cc5ccccc5)cc4)[C@@H]3C2)cc1. The molecule has 2 heterocycles. The summed E-state index contributed by atoms with van der Waals surface area (Å²) in [5.74, 6) is 7.34. The molecule has 2 aliphatic heterocycles. The van der Waals surface area contributed by atoms with E-state index in [4.69, 9.17) is 4.74 Å². The van der Waals surface area contributed by atoms with Crippen LogP contribution in [0.25, 0.3) is 0 Å². The predicted molar refractivity (Wildman–Crippen MR) is 159 cm³/mol. The summed E-state index contributed by atoms with van der Waals surface area (Å²) < 4.78 is 5.25. The van der Waals surface area contributed by atoms with Crippen molar-refractivity contribution in [2.75, 3.05) is 52.8 Å². The van der Waals surface area contributed by atoms with Crippen LogP contribution in [-0.4, -0.2) is 91.4 Å². The molecule has 7 nitrogen and oxygen atoms in total. The average Bonchev–Trinajstić information content (AvgIpc) is 2.96. The second-order valence-corrected chi connectivity index (χ2v) is 10.8. The molecule has 5 rings (SSSR count). The quantitative estimate of drug-likeness (QED) is 0.479. The van der Waals surface area contributed by atoms with Gasteiger partial charge in [0.2, 0.25) is 0 Å². The molecule has 3 aromatic carbocycles. The minimum absolute atomic E-state index is 0.0265. The fourth-order valence-corrected chi connectivity index (χ4v) is 5.89. The number of hydrogen-bond acceptors (Lipinski definition) is 5. The number of aliphatic hydroxyl groups is 1. The number of aliphatic hydroxyl groups excluding tert-OH is 1. The van der Waals surface area contributed by atoms with Crippen LogP contribution in [0.15, 0.2) is 78.9 Å². The van der Waals surface area contributed by atoms with Crippen LogP contribution in [-0.2, 0) is 0 Å². The van der Waals surface area contributed by atoms with Gasteiger partial charge in [-0.2, -0.15) is 0 Å². The van der Waals surface area contributed by atoms with Gasteiger partial charge in [-0.05, 0) is 74.6 Å². The molecule has 7 heteroatoms. The molecule has 0 unspecified atom stereocenters. The molecular formula is C33H38N4O3. The molecule has 4 atom stereocenters. The zero-order chi connectivity index (χ0) is 28.1. The molecule has 3 aromatic rings. The van der Waals surface area contributed by atoms with Gasteiger partial charge in [-0.25, -0.2) is 4.79 Å². The van der Waals surface area contributed by atoms with Gasteiger partial charge < -0.3 is 25.0 Å². The van der Waals surface area contributed by atoms with E-state index in [1.165, 1.54) is 5.56 Å². The number of carbonyl (C=O) groups excluding carboxylic acids is 1. The van der Waals surface area contributed by atoms with Crippen molar-refractivity contribution in [2.45, 2.75) is 30.5 Å². The van der Waals surface area contributed by atoms with Crippen molar-refractivity contribution in [1.29, 1.82) is 0 Å². The van der Waals surface area contributed by atoms with Crippen LogP contribution < -0.4 is 10.1 Å². The van der Waals surface area contributed by atoms with E-state index in [-0.39, 0.29) is 36.7 Å². The summed E-state index contributed by atoms with van der Waals surface area (Å²) in [6, 6.07) is 26.0. The first-order chi connectivity index (χ1) is 19.5. The van der Waals surface area contributed by atoms with Crippen molar-refractivity contribution < 1.29 is 14.6 Å². The fraction of sp³-hybridized carbons (Fsp3) is 0.364. The molecule has 2 amide bonds. The smallest absolute Gasteiger partial charge is 0.321 e. The van der Waals surface area contributed by atoms with Gasteiger partial charge in [0.05, 0.1) is 13.7 Å². The average molecular weight is 539 g/mol. The Hall–Kier alpha value is -3.83. The molecule has 0 radical (unpaired) electrons. The van der Waals surface area contributed by atoms with E-state index in [2.05, 4.69) is 65.3 Å². The van der Waals surface area contributed by atoms with Crippen molar-refractivity contribution in [3.63, 3.8) is 0 Å². The standard InChI is InChI=1S/C33H38N4O3/c1-35(2)28-19-20-37-30(22-36(21-28)33(39)34-27-15-17-29(40-3)18-16-27)32(31(37)23-38)26-13-11-25(12-14-26)10-9-24-7-5-4-6-8-24/h4-8,11-18,28,30-32,38H,19-23H2,1-3H3,(H,34,39)/t28-,30-,31+,32+/m0/s1. The van der Waals surface area contributed by atoms with E-state index < -0.39 is 0 Å². The Morgan fingerprint density at radius 1 is 0.975 bits per heavy atom. The lowest BCUT2D eigenvalue weighted by Gasteiger charge is -2.57. The van der Waals surface area contributed by atoms with Crippen LogP contribution in [0.4, 0.5) is 10.5 Å². The van der Waals surface area contributed by atoms with E-state index in [1.54, 1.807) is 7.11 Å². The van der Waals surface area contributed by atoms with Crippen LogP contribution >= 0.6 is 0 Å². The van der Waals surface area contributed by atoms with Crippen molar-refractivity contribution in [3.05, 3.63) is 95.6 Å². The lowest BCUT2D eigenvalue weighted by Crippen LogP contribution is -2.69. The van der Waals surface area contributed by atoms with Crippen molar-refractivity contribution in [1.82, 2.24) is 14.7 Å². The maximum atomic E-state index is 13.5. The topological polar surface area (TPSA) is 68.3 Å². The maximum absolute atomic E-state index is 13.5. The molecule has 2 fully saturated rings. The Labute approximate surface area is 237 Å². The van der Waals surface area contributed by atoms with Gasteiger partial charge in [0.1, 0.15) is 5.75 Å². The summed E-state index contributed by atoms with van der Waals surface area (Å²) >= 11 is 0. The molecule has 0 spiro atoms. The number of rotatable bonds is 5. The second-order valence-electron chi connectivity index (χ2n) is 10.8. The van der Waals surface area contributed by atoms with Gasteiger partial charge in [-0.1, -0.05) is 42.2 Å². The van der Waals surface area contributed by atoms with Crippen molar-refractivity contribution >= 4 is 11.7 Å². The van der Waals surface area contributed by atoms with Gasteiger partial charge in [-0.15, -0.1) is 0 Å². The minimum atomic E-state index is -0.114. The zero-order valence-electron chi connectivity index (χ0n) is 23.5. The Kier molecular flexibility index (Phi) is 8.71. The van der Waals surface area contributed by atoms with Crippen LogP contribution in [0, 0.1) is 11.8 Å². The molecule has 2 saturated heterocycles. The third-order valence-electron chi connectivity index (χ3n) is 8.21. The van der Waals surface area contributed by atoms with Crippen LogP contribution in [0.3, 0.4) is 0 Å². The number of nitrogens with zero attached hydrogens (tertiary/aromatic N) is 3. The number of amides is 2. The highest BCUT2D eigenvalue weighted by molar-refractivity contribution is 5.89. The summed E-state index contributed by atoms with van der Waals surface area (Å²) in [7, 11) is 5.75. The van der Waals surface area contributed by atoms with Crippen molar-refractivity contribution in [2.24, 2.45) is 0 Å². The summed E-state index contributed by atoms with van der Waals surface area (Å²) in [6.45, 7) is 2.21. The van der Waals surface area contributed by atoms with Crippen LogP contribution in [0.2, 0.25) is 0 Å². The highest BCUT2D eigenvalue weighted by atomic mass is 16.5. The Morgan fingerprint density at radius 3 is 2.27 bits per heavy atom. The molecular weight excluding hydrogens is 500 g/mol. The number of urea groups is 1. The van der Waals surface area contributed by atoms with Gasteiger partial charge in [-0.3, -0.25) is 4.90 Å². The molecule has 0 aliphatic carbocycles. The third kappa shape index (κ3) is 6.15. The Bertz CT molecular complexity index is 1330. The van der Waals surface area contributed by atoms with E-state index >= 15 is 0 Å². The number of nitrogens with one attached hydrogen (secondary N) is 1. The molecule has 2 N–H and O–H groups in total. The number of carbonyl (C=O) groups is 1. The first kappa shape index (κ1) is 27.7. The van der Waals surface area contributed by atoms with E-state index in [0.717, 1.165) is 35.5 Å². The van der Waals surface area contributed by atoms with Crippen molar-refractivity contribution in [3.8, 4) is 17.6 Å². The van der Waals surface area contributed by atoms with Gasteiger partial charge in [0.15, 0.2) is 0 Å². The highest BCUT2D eigenvalue weighted by Crippen LogP contribution is 2.42. The number of anilines is 1. The molecule has 0 bridgehead atoms. The molecule has 0 aromatic heterocycles. The number of hydrogen-bond donors (Lipinski definition) is 2.